The highest BCUT2D eigenvalue weighted by molar-refractivity contribution is 5.79. The molecule has 0 aromatic rings. The summed E-state index contributed by atoms with van der Waals surface area (Å²) in [5, 5.41) is 8.60. The molecule has 1 aliphatic heterocycles. The third-order valence-corrected chi connectivity index (χ3v) is 1.66. The molecule has 2 atom stereocenters. The molecule has 0 saturated carbocycles. The number of rotatable bonds is 1. The van der Waals surface area contributed by atoms with Gasteiger partial charge in [0.25, 0.3) is 0 Å². The van der Waals surface area contributed by atoms with E-state index >= 15 is 0 Å². The van der Waals surface area contributed by atoms with E-state index in [0.717, 1.165) is 0 Å². The average Bonchev–Trinajstić information content (AvgIpc) is 2.15. The maximum Gasteiger partial charge on any atom is 0.349 e. The van der Waals surface area contributed by atoms with Crippen molar-refractivity contribution < 1.29 is 14.6 Å². The molecule has 0 amide bonds. The highest BCUT2D eigenvalue weighted by Gasteiger charge is 2.43. The van der Waals surface area contributed by atoms with Crippen molar-refractivity contribution in [3.63, 3.8) is 0 Å². The summed E-state index contributed by atoms with van der Waals surface area (Å²) < 4.78 is 4.81. The Balaban J connectivity index is 2.80. The molecule has 0 saturated heterocycles. The van der Waals surface area contributed by atoms with Crippen LogP contribution in [0.4, 0.5) is 0 Å². The molecular formula is C6H9NO3. The van der Waals surface area contributed by atoms with E-state index in [2.05, 4.69) is 0 Å². The number of carboxylic acids is 1. The zero-order valence-electron chi connectivity index (χ0n) is 5.57. The molecule has 0 aromatic heterocycles. The van der Waals surface area contributed by atoms with Crippen LogP contribution in [0.2, 0.25) is 0 Å². The largest absolute Gasteiger partial charge is 0.482 e. The number of hydrogen-bond donors (Lipinski definition) is 2. The van der Waals surface area contributed by atoms with Crippen LogP contribution in [0.3, 0.4) is 0 Å². The standard InChI is InChI=1S/C6H9NO3/c1-6(5(8)9)4(7)2-3-10-6/h2-4H,7H2,1H3,(H,8,9). The van der Waals surface area contributed by atoms with Crippen molar-refractivity contribution in [3.05, 3.63) is 12.3 Å². The van der Waals surface area contributed by atoms with Gasteiger partial charge in [-0.3, -0.25) is 0 Å². The fraction of sp³-hybridized carbons (Fsp3) is 0.500. The number of ether oxygens (including phenoxy) is 1. The van der Waals surface area contributed by atoms with Gasteiger partial charge in [0.2, 0.25) is 5.60 Å². The molecule has 1 heterocycles. The molecule has 4 nitrogen and oxygen atoms in total. The van der Waals surface area contributed by atoms with E-state index in [4.69, 9.17) is 15.6 Å². The maximum absolute atomic E-state index is 10.5. The van der Waals surface area contributed by atoms with Crippen LogP contribution in [0.5, 0.6) is 0 Å². The first-order valence-corrected chi connectivity index (χ1v) is 2.91. The highest BCUT2D eigenvalue weighted by atomic mass is 16.5. The van der Waals surface area contributed by atoms with Gasteiger partial charge in [0.15, 0.2) is 0 Å². The molecule has 1 aliphatic rings. The van der Waals surface area contributed by atoms with Crippen molar-refractivity contribution in [2.75, 3.05) is 0 Å². The maximum atomic E-state index is 10.5. The van der Waals surface area contributed by atoms with E-state index in [1.165, 1.54) is 19.3 Å². The summed E-state index contributed by atoms with van der Waals surface area (Å²) in [7, 11) is 0. The van der Waals surface area contributed by atoms with Crippen LogP contribution in [0, 0.1) is 0 Å². The number of aliphatic carboxylic acids is 1. The van der Waals surface area contributed by atoms with Gasteiger partial charge in [0.05, 0.1) is 12.3 Å². The smallest absolute Gasteiger partial charge is 0.349 e. The highest BCUT2D eigenvalue weighted by Crippen LogP contribution is 2.21. The summed E-state index contributed by atoms with van der Waals surface area (Å²) in [6.07, 6.45) is 2.84. The zero-order chi connectivity index (χ0) is 7.78. The summed E-state index contributed by atoms with van der Waals surface area (Å²) in [6.45, 7) is 1.44. The van der Waals surface area contributed by atoms with E-state index in [1.807, 2.05) is 0 Å². The van der Waals surface area contributed by atoms with Gasteiger partial charge >= 0.3 is 5.97 Å². The monoisotopic (exact) mass is 143 g/mol. The summed E-state index contributed by atoms with van der Waals surface area (Å²) >= 11 is 0. The fourth-order valence-electron chi connectivity index (χ4n) is 0.720. The summed E-state index contributed by atoms with van der Waals surface area (Å²) in [6, 6.07) is -0.551. The van der Waals surface area contributed by atoms with Crippen molar-refractivity contribution in [2.24, 2.45) is 5.73 Å². The van der Waals surface area contributed by atoms with Crippen LogP contribution in [0.1, 0.15) is 6.92 Å². The van der Waals surface area contributed by atoms with Crippen LogP contribution < -0.4 is 5.73 Å². The number of carboxylic acid groups (broad SMARTS) is 1. The minimum Gasteiger partial charge on any atom is -0.482 e. The van der Waals surface area contributed by atoms with Gasteiger partial charge in [-0.2, -0.15) is 0 Å². The minimum absolute atomic E-state index is 0.551. The van der Waals surface area contributed by atoms with E-state index in [9.17, 15) is 4.79 Å². The lowest BCUT2D eigenvalue weighted by atomic mass is 9.99. The molecule has 10 heavy (non-hydrogen) atoms. The fourth-order valence-corrected chi connectivity index (χ4v) is 0.720. The molecule has 56 valence electrons. The Morgan fingerprint density at radius 2 is 2.50 bits per heavy atom. The van der Waals surface area contributed by atoms with Gasteiger partial charge in [0.1, 0.15) is 0 Å². The van der Waals surface area contributed by atoms with Crippen molar-refractivity contribution in [1.82, 2.24) is 0 Å². The van der Waals surface area contributed by atoms with E-state index in [0.29, 0.717) is 0 Å². The Morgan fingerprint density at radius 1 is 1.90 bits per heavy atom. The van der Waals surface area contributed by atoms with Crippen molar-refractivity contribution in [3.8, 4) is 0 Å². The zero-order valence-corrected chi connectivity index (χ0v) is 5.57. The van der Waals surface area contributed by atoms with Crippen LogP contribution in [-0.2, 0) is 9.53 Å². The van der Waals surface area contributed by atoms with Gasteiger partial charge in [0, 0.05) is 0 Å². The third-order valence-electron chi connectivity index (χ3n) is 1.66. The topological polar surface area (TPSA) is 72.5 Å². The van der Waals surface area contributed by atoms with Crippen LogP contribution in [0.15, 0.2) is 12.3 Å². The molecule has 4 heteroatoms. The van der Waals surface area contributed by atoms with E-state index < -0.39 is 17.6 Å². The Morgan fingerprint density at radius 3 is 2.70 bits per heavy atom. The quantitative estimate of drug-likeness (QED) is 0.528. The summed E-state index contributed by atoms with van der Waals surface area (Å²) in [5.41, 5.74) is 4.16. The molecule has 0 aliphatic carbocycles. The molecule has 1 rings (SSSR count). The predicted molar refractivity (Wildman–Crippen MR) is 34.2 cm³/mol. The SMILES string of the molecule is CC1(C(=O)O)OC=CC1N. The lowest BCUT2D eigenvalue weighted by Gasteiger charge is -2.22. The first kappa shape index (κ1) is 7.08. The van der Waals surface area contributed by atoms with Gasteiger partial charge in [-0.25, -0.2) is 4.79 Å². The minimum atomic E-state index is -1.26. The van der Waals surface area contributed by atoms with Crippen LogP contribution >= 0.6 is 0 Å². The van der Waals surface area contributed by atoms with Gasteiger partial charge in [-0.1, -0.05) is 0 Å². The third kappa shape index (κ3) is 0.769. The Kier molecular flexibility index (Phi) is 1.40. The number of nitrogens with two attached hydrogens (primary N) is 1. The van der Waals surface area contributed by atoms with Crippen molar-refractivity contribution in [2.45, 2.75) is 18.6 Å². The molecule has 0 spiro atoms. The Bertz CT molecular complexity index is 189. The predicted octanol–water partition coefficient (Wildman–Crippen LogP) is -0.299. The second-order valence-corrected chi connectivity index (χ2v) is 2.38. The van der Waals surface area contributed by atoms with Gasteiger partial charge in [-0.05, 0) is 13.0 Å². The number of carbonyl (C=O) groups is 1. The lowest BCUT2D eigenvalue weighted by Crippen LogP contribution is -2.49. The molecule has 0 fully saturated rings. The van der Waals surface area contributed by atoms with Crippen LogP contribution in [-0.4, -0.2) is 22.7 Å². The average molecular weight is 143 g/mol. The number of hydrogen-bond acceptors (Lipinski definition) is 3. The molecule has 3 N–H and O–H groups in total. The van der Waals surface area contributed by atoms with E-state index in [1.54, 1.807) is 0 Å². The first-order chi connectivity index (χ1) is 4.57. The second kappa shape index (κ2) is 1.98. The molecule has 0 bridgehead atoms. The Hall–Kier alpha value is -1.03. The van der Waals surface area contributed by atoms with Gasteiger partial charge < -0.3 is 15.6 Å². The van der Waals surface area contributed by atoms with Crippen LogP contribution in [0.25, 0.3) is 0 Å². The first-order valence-electron chi connectivity index (χ1n) is 2.91. The molecule has 0 aromatic carbocycles. The Labute approximate surface area is 58.3 Å². The normalized spacial score (nSPS) is 37.6. The van der Waals surface area contributed by atoms with E-state index in [-0.39, 0.29) is 0 Å². The summed E-state index contributed by atoms with van der Waals surface area (Å²) in [4.78, 5) is 10.5. The molecular weight excluding hydrogens is 134 g/mol. The second-order valence-electron chi connectivity index (χ2n) is 2.38. The molecule has 0 radical (unpaired) electrons. The lowest BCUT2D eigenvalue weighted by molar-refractivity contribution is -0.156. The summed E-state index contributed by atoms with van der Waals surface area (Å²) in [5.74, 6) is -1.04. The van der Waals surface area contributed by atoms with Crippen molar-refractivity contribution in [1.29, 1.82) is 0 Å². The van der Waals surface area contributed by atoms with Crippen molar-refractivity contribution >= 4 is 5.97 Å². The van der Waals surface area contributed by atoms with Gasteiger partial charge in [-0.15, -0.1) is 0 Å². The molecule has 2 unspecified atom stereocenters.